The van der Waals surface area contributed by atoms with Crippen molar-refractivity contribution in [2.24, 2.45) is 0 Å². The first-order chi connectivity index (χ1) is 48.7. The number of unbranched alkanes of at least 4 members (excludes halogenated alkanes) is 32. The molecule has 0 aromatic carbocycles. The van der Waals surface area contributed by atoms with Gasteiger partial charge in [0.05, 0.1) is 26.4 Å². The van der Waals surface area contributed by atoms with E-state index in [-0.39, 0.29) is 25.7 Å². The maximum atomic E-state index is 13.1. The SMILES string of the molecule is CC/C=C\C/C=C\C/C=C\CCCCCCCCCC(=O)OCC(COP(=O)(O)OCC(O)COP(=O)(O)OCC(COC(=O)CCCCCCC/C=C\C/C=C\CCCCC)OC(=O)CCCCCCC/C=C\CCCCCCCC)OC(=O)CCCCCCC/C=C\C/C=C\CCC. The largest absolute Gasteiger partial charge is 0.472 e. The second-order valence-electron chi connectivity index (χ2n) is 26.3. The van der Waals surface area contributed by atoms with Crippen LogP contribution >= 0.6 is 15.6 Å². The van der Waals surface area contributed by atoms with E-state index in [1.54, 1.807) is 0 Å². The lowest BCUT2D eigenvalue weighted by atomic mass is 10.1. The zero-order chi connectivity index (χ0) is 73.2. The molecule has 0 heterocycles. The van der Waals surface area contributed by atoms with Crippen LogP contribution in [0.15, 0.2) is 97.2 Å². The van der Waals surface area contributed by atoms with Crippen molar-refractivity contribution < 1.29 is 80.2 Å². The highest BCUT2D eigenvalue weighted by molar-refractivity contribution is 7.47. The standard InChI is InChI=1S/C81H142O17P2/c1-5-9-13-17-21-25-29-33-36-37-40-43-46-50-54-58-62-66-79(84)92-71-76(97-80(85)67-63-59-55-51-47-41-32-28-24-20-16-12-8-4)73-95-99(87,88)93-69-75(82)70-94-100(89,90)96-74-77(98-81(86)68-64-60-56-52-48-44-39-35-31-27-23-19-15-11-7-3)72-91-78(83)65-61-57-53-49-45-42-38-34-30-26-22-18-14-10-6-2/h9,13,16,20-22,25-26,28,32-36,38-39,75-77,82H,5-8,10-12,14-15,17-19,23-24,27,29-31,37,40-74H2,1-4H3,(H,87,88)(H,89,90)/b13-9-,20-16-,25-21-,26-22-,32-28-,36-33-,38-34-,39-35-. The van der Waals surface area contributed by atoms with Gasteiger partial charge >= 0.3 is 39.5 Å². The Morgan fingerprint density at radius 1 is 0.290 bits per heavy atom. The summed E-state index contributed by atoms with van der Waals surface area (Å²) < 4.78 is 68.5. The van der Waals surface area contributed by atoms with Gasteiger partial charge in [-0.2, -0.15) is 0 Å². The highest BCUT2D eigenvalue weighted by Gasteiger charge is 2.30. The van der Waals surface area contributed by atoms with Crippen molar-refractivity contribution in [3.8, 4) is 0 Å². The Bertz CT molecular complexity index is 2270. The summed E-state index contributed by atoms with van der Waals surface area (Å²) in [5, 5.41) is 10.6. The third-order valence-corrected chi connectivity index (χ3v) is 18.4. The molecular formula is C81H142O17P2. The van der Waals surface area contributed by atoms with E-state index in [9.17, 15) is 43.2 Å². The number of aliphatic hydroxyl groups excluding tert-OH is 1. The Labute approximate surface area is 607 Å². The van der Waals surface area contributed by atoms with Gasteiger partial charge in [0.15, 0.2) is 12.2 Å². The minimum atomic E-state index is -4.98. The average Bonchev–Trinajstić information content (AvgIpc) is 0.965. The fourth-order valence-electron chi connectivity index (χ4n) is 10.5. The lowest BCUT2D eigenvalue weighted by molar-refractivity contribution is -0.161. The molecule has 100 heavy (non-hydrogen) atoms. The van der Waals surface area contributed by atoms with Crippen LogP contribution in [0.1, 0.15) is 336 Å². The molecule has 578 valence electrons. The minimum Gasteiger partial charge on any atom is -0.462 e. The number of phosphoric ester groups is 2. The van der Waals surface area contributed by atoms with Crippen LogP contribution in [0.2, 0.25) is 0 Å². The topological polar surface area (TPSA) is 237 Å². The molecule has 17 nitrogen and oxygen atoms in total. The maximum absolute atomic E-state index is 13.1. The minimum absolute atomic E-state index is 0.0761. The fraction of sp³-hybridized carbons (Fsp3) is 0.753. The van der Waals surface area contributed by atoms with Gasteiger partial charge in [-0.1, -0.05) is 266 Å². The molecule has 0 aromatic rings. The maximum Gasteiger partial charge on any atom is 0.472 e. The van der Waals surface area contributed by atoms with Crippen molar-refractivity contribution in [2.45, 2.75) is 354 Å². The van der Waals surface area contributed by atoms with Crippen molar-refractivity contribution in [1.82, 2.24) is 0 Å². The van der Waals surface area contributed by atoms with Gasteiger partial charge < -0.3 is 33.8 Å². The molecule has 0 aliphatic heterocycles. The molecule has 0 aliphatic carbocycles. The lowest BCUT2D eigenvalue weighted by Gasteiger charge is -2.21. The van der Waals surface area contributed by atoms with Crippen LogP contribution in [0, 0.1) is 0 Å². The van der Waals surface area contributed by atoms with Gasteiger partial charge in [0.25, 0.3) is 0 Å². The highest BCUT2D eigenvalue weighted by Crippen LogP contribution is 2.45. The number of allylic oxidation sites excluding steroid dienone is 16. The smallest absolute Gasteiger partial charge is 0.462 e. The predicted octanol–water partition coefficient (Wildman–Crippen LogP) is 22.8. The molecule has 0 rings (SSSR count). The van der Waals surface area contributed by atoms with Crippen molar-refractivity contribution in [3.05, 3.63) is 97.2 Å². The molecule has 0 saturated heterocycles. The summed E-state index contributed by atoms with van der Waals surface area (Å²) >= 11 is 0. The summed E-state index contributed by atoms with van der Waals surface area (Å²) in [5.74, 6) is -2.21. The van der Waals surface area contributed by atoms with Gasteiger partial charge in [0.2, 0.25) is 0 Å². The van der Waals surface area contributed by atoms with Crippen molar-refractivity contribution in [2.75, 3.05) is 39.6 Å². The number of hydrogen-bond acceptors (Lipinski definition) is 15. The van der Waals surface area contributed by atoms with E-state index in [0.29, 0.717) is 25.7 Å². The Hall–Kier alpha value is -4.02. The van der Waals surface area contributed by atoms with E-state index in [1.165, 1.54) is 57.8 Å². The first-order valence-electron chi connectivity index (χ1n) is 39.5. The number of aliphatic hydroxyl groups is 1. The van der Waals surface area contributed by atoms with Gasteiger partial charge in [0, 0.05) is 25.7 Å². The van der Waals surface area contributed by atoms with Crippen LogP contribution in [0.3, 0.4) is 0 Å². The molecule has 0 spiro atoms. The summed E-state index contributed by atoms with van der Waals surface area (Å²) in [6.45, 7) is 4.65. The highest BCUT2D eigenvalue weighted by atomic mass is 31.2. The van der Waals surface area contributed by atoms with E-state index in [1.807, 2.05) is 0 Å². The third kappa shape index (κ3) is 72.3. The number of esters is 4. The van der Waals surface area contributed by atoms with Crippen LogP contribution in [-0.4, -0.2) is 96.7 Å². The number of phosphoric acid groups is 2. The van der Waals surface area contributed by atoms with Crippen LogP contribution < -0.4 is 0 Å². The molecule has 0 aromatic heterocycles. The molecule has 0 aliphatic rings. The van der Waals surface area contributed by atoms with Crippen LogP contribution in [0.25, 0.3) is 0 Å². The first-order valence-corrected chi connectivity index (χ1v) is 42.5. The molecule has 5 unspecified atom stereocenters. The molecule has 0 fully saturated rings. The van der Waals surface area contributed by atoms with Gasteiger partial charge in [0.1, 0.15) is 19.3 Å². The quantitative estimate of drug-likeness (QED) is 0.0169. The molecule has 19 heteroatoms. The van der Waals surface area contributed by atoms with Crippen molar-refractivity contribution in [1.29, 1.82) is 0 Å². The first kappa shape index (κ1) is 96.0. The number of carbonyl (C=O) groups is 4. The summed E-state index contributed by atoms with van der Waals surface area (Å²) in [6.07, 6.45) is 76.7. The molecule has 5 atom stereocenters. The van der Waals surface area contributed by atoms with E-state index in [0.717, 1.165) is 199 Å². The number of hydrogen-bond donors (Lipinski definition) is 3. The van der Waals surface area contributed by atoms with Crippen LogP contribution in [0.5, 0.6) is 0 Å². The summed E-state index contributed by atoms with van der Waals surface area (Å²) in [6, 6.07) is 0. The molecule has 0 amide bonds. The molecule has 0 saturated carbocycles. The Kier molecular flexibility index (Phi) is 70.4. The zero-order valence-electron chi connectivity index (χ0n) is 63.1. The van der Waals surface area contributed by atoms with Gasteiger partial charge in [-0.25, -0.2) is 9.13 Å². The van der Waals surface area contributed by atoms with E-state index >= 15 is 0 Å². The van der Waals surface area contributed by atoms with E-state index < -0.39 is 97.5 Å². The second kappa shape index (κ2) is 73.3. The Balaban J connectivity index is 5.36. The van der Waals surface area contributed by atoms with Gasteiger partial charge in [-0.15, -0.1) is 0 Å². The zero-order valence-corrected chi connectivity index (χ0v) is 64.9. The molecule has 0 bridgehead atoms. The third-order valence-electron chi connectivity index (χ3n) is 16.5. The van der Waals surface area contributed by atoms with E-state index in [4.69, 9.17) is 37.0 Å². The lowest BCUT2D eigenvalue weighted by Crippen LogP contribution is -2.30. The molecule has 0 radical (unpaired) electrons. The predicted molar refractivity (Wildman–Crippen MR) is 409 cm³/mol. The number of rotatable bonds is 74. The average molecular weight is 1450 g/mol. The fourth-order valence-corrected chi connectivity index (χ4v) is 12.1. The van der Waals surface area contributed by atoms with E-state index in [2.05, 4.69) is 125 Å². The number of ether oxygens (including phenoxy) is 4. The second-order valence-corrected chi connectivity index (χ2v) is 29.2. The van der Waals surface area contributed by atoms with Gasteiger partial charge in [-0.3, -0.25) is 37.3 Å². The van der Waals surface area contributed by atoms with Crippen LogP contribution in [-0.2, 0) is 65.4 Å². The van der Waals surface area contributed by atoms with Gasteiger partial charge in [-0.05, 0) is 141 Å². The summed E-state index contributed by atoms with van der Waals surface area (Å²) in [7, 11) is -9.96. The number of carbonyl (C=O) groups excluding carboxylic acids is 4. The monoisotopic (exact) mass is 1450 g/mol. The Morgan fingerprint density at radius 3 is 0.870 bits per heavy atom. The van der Waals surface area contributed by atoms with Crippen LogP contribution in [0.4, 0.5) is 0 Å². The molecular weight excluding hydrogens is 1310 g/mol. The van der Waals surface area contributed by atoms with Crippen molar-refractivity contribution >= 4 is 39.5 Å². The normalized spacial score (nSPS) is 14.4. The Morgan fingerprint density at radius 2 is 0.540 bits per heavy atom. The van der Waals surface area contributed by atoms with Crippen molar-refractivity contribution in [3.63, 3.8) is 0 Å². The molecule has 3 N–H and O–H groups in total. The summed E-state index contributed by atoms with van der Waals surface area (Å²) in [4.78, 5) is 72.9. The summed E-state index contributed by atoms with van der Waals surface area (Å²) in [5.41, 5.74) is 0.